The number of halogens is 1. The minimum absolute atomic E-state index is 0.0991. The third-order valence-electron chi connectivity index (χ3n) is 3.15. The minimum atomic E-state index is -0.651. The van der Waals surface area contributed by atoms with Crippen molar-refractivity contribution in [3.8, 4) is 5.75 Å². The summed E-state index contributed by atoms with van der Waals surface area (Å²) in [6.45, 7) is 3.58. The van der Waals surface area contributed by atoms with Crippen LogP contribution in [0.2, 0.25) is 0 Å². The number of ether oxygens (including phenoxy) is 1. The van der Waals surface area contributed by atoms with E-state index in [1.165, 1.54) is 24.3 Å². The molecule has 0 saturated carbocycles. The molecule has 2 rings (SSSR count). The van der Waals surface area contributed by atoms with E-state index in [-0.39, 0.29) is 17.8 Å². The van der Waals surface area contributed by atoms with Gasteiger partial charge in [-0.05, 0) is 43.7 Å². The average molecular weight is 287 g/mol. The molecule has 0 fully saturated rings. The Bertz CT molecular complexity index is 583. The van der Waals surface area contributed by atoms with Crippen LogP contribution in [0.15, 0.2) is 54.6 Å². The third-order valence-corrected chi connectivity index (χ3v) is 3.15. The quantitative estimate of drug-likeness (QED) is 0.914. The maximum atomic E-state index is 12.8. The molecule has 0 aliphatic rings. The fraction of sp³-hybridized carbons (Fsp3) is 0.235. The Hall–Kier alpha value is -2.36. The molecule has 1 N–H and O–H groups in total. The number of amides is 1. The van der Waals surface area contributed by atoms with Gasteiger partial charge in [-0.25, -0.2) is 4.39 Å². The lowest BCUT2D eigenvalue weighted by molar-refractivity contribution is -0.127. The van der Waals surface area contributed by atoms with Crippen molar-refractivity contribution in [1.29, 1.82) is 0 Å². The molecule has 0 spiro atoms. The maximum Gasteiger partial charge on any atom is 0.261 e. The summed E-state index contributed by atoms with van der Waals surface area (Å²) in [5, 5.41) is 2.89. The van der Waals surface area contributed by atoms with E-state index in [1.807, 2.05) is 37.3 Å². The van der Waals surface area contributed by atoms with Gasteiger partial charge in [0.1, 0.15) is 11.6 Å². The van der Waals surface area contributed by atoms with Gasteiger partial charge < -0.3 is 10.1 Å². The minimum Gasteiger partial charge on any atom is -0.481 e. The first-order valence-electron chi connectivity index (χ1n) is 6.84. The summed E-state index contributed by atoms with van der Waals surface area (Å²) >= 11 is 0. The smallest absolute Gasteiger partial charge is 0.261 e. The topological polar surface area (TPSA) is 38.3 Å². The molecule has 0 aromatic heterocycles. The van der Waals surface area contributed by atoms with Crippen LogP contribution in [0.5, 0.6) is 5.75 Å². The van der Waals surface area contributed by atoms with Gasteiger partial charge in [-0.15, -0.1) is 0 Å². The van der Waals surface area contributed by atoms with Crippen LogP contribution >= 0.6 is 0 Å². The second-order valence-corrected chi connectivity index (χ2v) is 4.85. The van der Waals surface area contributed by atoms with E-state index in [0.29, 0.717) is 5.75 Å². The van der Waals surface area contributed by atoms with Crippen molar-refractivity contribution < 1.29 is 13.9 Å². The van der Waals surface area contributed by atoms with Crippen molar-refractivity contribution in [2.75, 3.05) is 0 Å². The Morgan fingerprint density at radius 2 is 1.67 bits per heavy atom. The highest BCUT2D eigenvalue weighted by Crippen LogP contribution is 2.15. The second-order valence-electron chi connectivity index (χ2n) is 4.85. The van der Waals surface area contributed by atoms with E-state index in [4.69, 9.17) is 4.74 Å². The summed E-state index contributed by atoms with van der Waals surface area (Å²) in [7, 11) is 0. The van der Waals surface area contributed by atoms with Crippen molar-refractivity contribution >= 4 is 5.91 Å². The number of benzene rings is 2. The van der Waals surface area contributed by atoms with Crippen LogP contribution in [-0.2, 0) is 4.79 Å². The van der Waals surface area contributed by atoms with Crippen LogP contribution in [0.4, 0.5) is 4.39 Å². The zero-order valence-corrected chi connectivity index (χ0v) is 12.0. The first-order valence-corrected chi connectivity index (χ1v) is 6.84. The number of carbonyl (C=O) groups is 1. The van der Waals surface area contributed by atoms with E-state index in [9.17, 15) is 9.18 Å². The average Bonchev–Trinajstić information content (AvgIpc) is 2.50. The summed E-state index contributed by atoms with van der Waals surface area (Å²) in [5.41, 5.74) is 1.03. The van der Waals surface area contributed by atoms with Crippen LogP contribution in [0, 0.1) is 5.82 Å². The van der Waals surface area contributed by atoms with E-state index >= 15 is 0 Å². The predicted octanol–water partition coefficient (Wildman–Crippen LogP) is 3.47. The van der Waals surface area contributed by atoms with E-state index in [2.05, 4.69) is 5.32 Å². The van der Waals surface area contributed by atoms with Gasteiger partial charge >= 0.3 is 0 Å². The molecule has 2 unspecified atom stereocenters. The first kappa shape index (κ1) is 15.0. The Morgan fingerprint density at radius 3 is 2.29 bits per heavy atom. The Labute approximate surface area is 123 Å². The highest BCUT2D eigenvalue weighted by molar-refractivity contribution is 5.81. The van der Waals surface area contributed by atoms with Crippen molar-refractivity contribution in [2.24, 2.45) is 0 Å². The number of hydrogen-bond acceptors (Lipinski definition) is 2. The molecule has 0 aliphatic heterocycles. The number of nitrogens with one attached hydrogen (secondary N) is 1. The summed E-state index contributed by atoms with van der Waals surface area (Å²) in [4.78, 5) is 12.1. The highest BCUT2D eigenvalue weighted by atomic mass is 19.1. The maximum absolute atomic E-state index is 12.8. The summed E-state index contributed by atoms with van der Waals surface area (Å²) in [6, 6.07) is 15.2. The molecule has 2 atom stereocenters. The van der Waals surface area contributed by atoms with Crippen LogP contribution < -0.4 is 10.1 Å². The van der Waals surface area contributed by atoms with Crippen molar-refractivity contribution in [2.45, 2.75) is 26.0 Å². The lowest BCUT2D eigenvalue weighted by atomic mass is 10.1. The molecular formula is C17H18FNO2. The first-order chi connectivity index (χ1) is 10.1. The summed E-state index contributed by atoms with van der Waals surface area (Å²) < 4.78 is 18.3. The van der Waals surface area contributed by atoms with Gasteiger partial charge in [0.05, 0.1) is 6.04 Å². The molecule has 0 saturated heterocycles. The number of carbonyl (C=O) groups excluding carboxylic acids is 1. The fourth-order valence-electron chi connectivity index (χ4n) is 1.93. The van der Waals surface area contributed by atoms with E-state index in [0.717, 1.165) is 5.56 Å². The van der Waals surface area contributed by atoms with Gasteiger partial charge in [-0.1, -0.05) is 30.3 Å². The van der Waals surface area contributed by atoms with E-state index in [1.54, 1.807) is 6.92 Å². The summed E-state index contributed by atoms with van der Waals surface area (Å²) in [6.07, 6.45) is -0.651. The van der Waals surface area contributed by atoms with Gasteiger partial charge in [-0.2, -0.15) is 0 Å². The molecule has 0 heterocycles. The molecule has 0 radical (unpaired) electrons. The molecule has 3 nitrogen and oxygen atoms in total. The largest absolute Gasteiger partial charge is 0.481 e. The molecule has 0 bridgehead atoms. The van der Waals surface area contributed by atoms with Gasteiger partial charge in [0.15, 0.2) is 6.10 Å². The van der Waals surface area contributed by atoms with Crippen molar-refractivity contribution in [1.82, 2.24) is 5.32 Å². The lowest BCUT2D eigenvalue weighted by Crippen LogP contribution is -2.37. The Kier molecular flexibility index (Phi) is 4.93. The monoisotopic (exact) mass is 287 g/mol. The van der Waals surface area contributed by atoms with E-state index < -0.39 is 6.10 Å². The molecule has 1 amide bonds. The molecule has 110 valence electrons. The number of hydrogen-bond donors (Lipinski definition) is 1. The second kappa shape index (κ2) is 6.88. The van der Waals surface area contributed by atoms with Crippen LogP contribution in [0.1, 0.15) is 25.5 Å². The third kappa shape index (κ3) is 4.31. The summed E-state index contributed by atoms with van der Waals surface area (Å²) in [5.74, 6) is -0.0840. The van der Waals surface area contributed by atoms with Crippen LogP contribution in [-0.4, -0.2) is 12.0 Å². The molecule has 2 aromatic carbocycles. The SMILES string of the molecule is CC(Oc1ccc(F)cc1)C(=O)NC(C)c1ccccc1. The molecule has 2 aromatic rings. The van der Waals surface area contributed by atoms with Crippen LogP contribution in [0.3, 0.4) is 0 Å². The van der Waals surface area contributed by atoms with Gasteiger partial charge in [-0.3, -0.25) is 4.79 Å². The van der Waals surface area contributed by atoms with Crippen molar-refractivity contribution in [3.63, 3.8) is 0 Å². The zero-order chi connectivity index (χ0) is 15.2. The fourth-order valence-corrected chi connectivity index (χ4v) is 1.93. The molecule has 0 aliphatic carbocycles. The Balaban J connectivity index is 1.92. The highest BCUT2D eigenvalue weighted by Gasteiger charge is 2.17. The molecular weight excluding hydrogens is 269 g/mol. The van der Waals surface area contributed by atoms with Gasteiger partial charge in [0.25, 0.3) is 5.91 Å². The predicted molar refractivity (Wildman–Crippen MR) is 79.5 cm³/mol. The molecule has 4 heteroatoms. The van der Waals surface area contributed by atoms with Gasteiger partial charge in [0, 0.05) is 0 Å². The lowest BCUT2D eigenvalue weighted by Gasteiger charge is -2.19. The van der Waals surface area contributed by atoms with Gasteiger partial charge in [0.2, 0.25) is 0 Å². The number of rotatable bonds is 5. The van der Waals surface area contributed by atoms with Crippen LogP contribution in [0.25, 0.3) is 0 Å². The molecule has 21 heavy (non-hydrogen) atoms. The van der Waals surface area contributed by atoms with Crippen molar-refractivity contribution in [3.05, 3.63) is 66.0 Å². The Morgan fingerprint density at radius 1 is 1.05 bits per heavy atom. The standard InChI is InChI=1S/C17H18FNO2/c1-12(14-6-4-3-5-7-14)19-17(20)13(2)21-16-10-8-15(18)9-11-16/h3-13H,1-2H3,(H,19,20). The normalized spacial score (nSPS) is 13.3. The zero-order valence-electron chi connectivity index (χ0n) is 12.0.